The van der Waals surface area contributed by atoms with Crippen LogP contribution in [0.4, 0.5) is 16.5 Å². The number of rotatable bonds is 5. The summed E-state index contributed by atoms with van der Waals surface area (Å²) in [5.74, 6) is -0.117. The van der Waals surface area contributed by atoms with Crippen molar-refractivity contribution in [3.8, 4) is 0 Å². The van der Waals surface area contributed by atoms with Crippen LogP contribution in [0.15, 0.2) is 48.5 Å². The third-order valence-corrected chi connectivity index (χ3v) is 4.69. The summed E-state index contributed by atoms with van der Waals surface area (Å²) in [4.78, 5) is 14.4. The lowest BCUT2D eigenvalue weighted by atomic mass is 10.2. The number of carbonyl (C=O) groups excluding carboxylic acids is 1. The highest BCUT2D eigenvalue weighted by molar-refractivity contribution is 7.73. The molecule has 7 heteroatoms. The number of anilines is 3. The number of nitrogens with one attached hydrogen (secondary N) is 2. The Morgan fingerprint density at radius 3 is 2.56 bits per heavy atom. The van der Waals surface area contributed by atoms with Crippen molar-refractivity contribution in [3.05, 3.63) is 63.6 Å². The van der Waals surface area contributed by atoms with E-state index in [9.17, 15) is 4.79 Å². The molecule has 5 nitrogen and oxygen atoms in total. The van der Waals surface area contributed by atoms with Gasteiger partial charge in [0.15, 0.2) is 3.95 Å². The van der Waals surface area contributed by atoms with Crippen LogP contribution in [0.1, 0.15) is 11.1 Å². The van der Waals surface area contributed by atoms with Gasteiger partial charge in [0, 0.05) is 11.4 Å². The lowest BCUT2D eigenvalue weighted by molar-refractivity contribution is -0.114. The van der Waals surface area contributed by atoms with Gasteiger partial charge in [-0.15, -0.1) is 5.10 Å². The average Bonchev–Trinajstić information content (AvgIpc) is 2.99. The maximum atomic E-state index is 12.6. The molecule has 0 saturated carbocycles. The van der Waals surface area contributed by atoms with E-state index in [-0.39, 0.29) is 12.5 Å². The SMILES string of the molecule is Cc1cccc(NC(=O)CN(c2cccc(C)c2)c2n[nH]c(=S)s2)c1. The van der Waals surface area contributed by atoms with Crippen LogP contribution in [-0.4, -0.2) is 22.6 Å². The van der Waals surface area contributed by atoms with Gasteiger partial charge in [-0.05, 0) is 61.5 Å². The number of aryl methyl sites for hydroxylation is 2. The fraction of sp³-hybridized carbons (Fsp3) is 0.167. The summed E-state index contributed by atoms with van der Waals surface area (Å²) in [5, 5.41) is 10.6. The average molecular weight is 371 g/mol. The van der Waals surface area contributed by atoms with E-state index in [0.717, 1.165) is 22.5 Å². The van der Waals surface area contributed by atoms with Crippen molar-refractivity contribution in [2.45, 2.75) is 13.8 Å². The van der Waals surface area contributed by atoms with Gasteiger partial charge in [-0.3, -0.25) is 9.89 Å². The lowest BCUT2D eigenvalue weighted by Gasteiger charge is -2.21. The van der Waals surface area contributed by atoms with Crippen molar-refractivity contribution < 1.29 is 4.79 Å². The fourth-order valence-corrected chi connectivity index (χ4v) is 3.37. The predicted octanol–water partition coefficient (Wildman–Crippen LogP) is 4.59. The molecule has 0 aliphatic rings. The van der Waals surface area contributed by atoms with Gasteiger partial charge < -0.3 is 10.2 Å². The second kappa shape index (κ2) is 7.58. The number of nitrogens with zero attached hydrogens (tertiary/aromatic N) is 2. The number of aromatic nitrogens is 2. The first-order valence-corrected chi connectivity index (χ1v) is 9.00. The van der Waals surface area contributed by atoms with Crippen LogP contribution in [0.25, 0.3) is 0 Å². The molecule has 3 aromatic rings. The number of amides is 1. The quantitative estimate of drug-likeness (QED) is 0.645. The molecule has 0 fully saturated rings. The molecule has 0 radical (unpaired) electrons. The van der Waals surface area contributed by atoms with Gasteiger partial charge >= 0.3 is 0 Å². The van der Waals surface area contributed by atoms with Crippen LogP contribution in [0, 0.1) is 17.8 Å². The Bertz CT molecular complexity index is 948. The van der Waals surface area contributed by atoms with Crippen molar-refractivity contribution >= 4 is 46.0 Å². The molecule has 0 aliphatic carbocycles. The molecular weight excluding hydrogens is 352 g/mol. The van der Waals surface area contributed by atoms with Gasteiger partial charge in [0.25, 0.3) is 0 Å². The summed E-state index contributed by atoms with van der Waals surface area (Å²) >= 11 is 6.48. The highest BCUT2D eigenvalue weighted by Crippen LogP contribution is 2.27. The largest absolute Gasteiger partial charge is 0.325 e. The smallest absolute Gasteiger partial charge is 0.244 e. The Labute approximate surface area is 155 Å². The minimum absolute atomic E-state index is 0.117. The molecule has 2 N–H and O–H groups in total. The third kappa shape index (κ3) is 4.52. The number of hydrogen-bond acceptors (Lipinski definition) is 5. The molecule has 0 atom stereocenters. The van der Waals surface area contributed by atoms with E-state index in [1.165, 1.54) is 11.3 Å². The molecule has 3 rings (SSSR count). The summed E-state index contributed by atoms with van der Waals surface area (Å²) in [6, 6.07) is 15.7. The van der Waals surface area contributed by atoms with Crippen molar-refractivity contribution in [1.29, 1.82) is 0 Å². The monoisotopic (exact) mass is 370 g/mol. The molecule has 1 amide bonds. The molecular formula is C18H18N4OS2. The fourth-order valence-electron chi connectivity index (χ4n) is 2.47. The summed E-state index contributed by atoms with van der Waals surface area (Å²) in [6.45, 7) is 4.15. The van der Waals surface area contributed by atoms with E-state index in [1.54, 1.807) is 0 Å². The minimum atomic E-state index is -0.117. The molecule has 128 valence electrons. The molecule has 0 unspecified atom stereocenters. The van der Waals surface area contributed by atoms with Crippen LogP contribution in [0.2, 0.25) is 0 Å². The first kappa shape index (κ1) is 17.3. The van der Waals surface area contributed by atoms with Gasteiger partial charge in [0.2, 0.25) is 11.0 Å². The zero-order valence-corrected chi connectivity index (χ0v) is 15.6. The van der Waals surface area contributed by atoms with Crippen molar-refractivity contribution in [3.63, 3.8) is 0 Å². The summed E-state index contributed by atoms with van der Waals surface area (Å²) in [5.41, 5.74) is 3.89. The topological polar surface area (TPSA) is 61.0 Å². The molecule has 1 heterocycles. The van der Waals surface area contributed by atoms with Gasteiger partial charge in [0.05, 0.1) is 0 Å². The van der Waals surface area contributed by atoms with Gasteiger partial charge in [-0.2, -0.15) is 0 Å². The van der Waals surface area contributed by atoms with E-state index in [0.29, 0.717) is 9.09 Å². The van der Waals surface area contributed by atoms with Gasteiger partial charge in [-0.25, -0.2) is 0 Å². The van der Waals surface area contributed by atoms with E-state index >= 15 is 0 Å². The van der Waals surface area contributed by atoms with E-state index < -0.39 is 0 Å². The highest BCUT2D eigenvalue weighted by Gasteiger charge is 2.17. The summed E-state index contributed by atoms with van der Waals surface area (Å²) in [7, 11) is 0. The van der Waals surface area contributed by atoms with Crippen molar-refractivity contribution in [1.82, 2.24) is 10.2 Å². The number of benzene rings is 2. The molecule has 25 heavy (non-hydrogen) atoms. The van der Waals surface area contributed by atoms with Gasteiger partial charge in [0.1, 0.15) is 6.54 Å². The number of carbonyl (C=O) groups is 1. The van der Waals surface area contributed by atoms with Gasteiger partial charge in [-0.1, -0.05) is 35.6 Å². The Balaban J connectivity index is 1.84. The third-order valence-electron chi connectivity index (χ3n) is 3.57. The Morgan fingerprint density at radius 1 is 1.20 bits per heavy atom. The predicted molar refractivity (Wildman–Crippen MR) is 105 cm³/mol. The van der Waals surface area contributed by atoms with E-state index in [1.807, 2.05) is 67.3 Å². The van der Waals surface area contributed by atoms with Crippen molar-refractivity contribution in [2.75, 3.05) is 16.8 Å². The Kier molecular flexibility index (Phi) is 5.25. The number of aromatic amines is 1. The Morgan fingerprint density at radius 2 is 1.92 bits per heavy atom. The zero-order chi connectivity index (χ0) is 17.8. The Hall–Kier alpha value is -2.51. The molecule has 0 bridgehead atoms. The van der Waals surface area contributed by atoms with Crippen LogP contribution >= 0.6 is 23.6 Å². The van der Waals surface area contributed by atoms with Crippen LogP contribution < -0.4 is 10.2 Å². The summed E-state index contributed by atoms with van der Waals surface area (Å²) in [6.07, 6.45) is 0. The standard InChI is InChI=1S/C18H18N4OS2/c1-12-5-3-7-14(9-12)19-16(23)11-22(17-20-21-18(24)25-17)15-8-4-6-13(2)10-15/h3-10H,11H2,1-2H3,(H,19,23)(H,21,24). The molecule has 1 aromatic heterocycles. The first-order chi connectivity index (χ1) is 12.0. The molecule has 0 spiro atoms. The maximum Gasteiger partial charge on any atom is 0.244 e. The minimum Gasteiger partial charge on any atom is -0.325 e. The molecule has 0 saturated heterocycles. The maximum absolute atomic E-state index is 12.6. The first-order valence-electron chi connectivity index (χ1n) is 7.77. The normalized spacial score (nSPS) is 10.5. The highest BCUT2D eigenvalue weighted by atomic mass is 32.1. The van der Waals surface area contributed by atoms with Crippen molar-refractivity contribution in [2.24, 2.45) is 0 Å². The molecule has 2 aromatic carbocycles. The van der Waals surface area contributed by atoms with E-state index in [2.05, 4.69) is 15.5 Å². The number of H-pyrrole nitrogens is 1. The van der Waals surface area contributed by atoms with Crippen LogP contribution in [0.3, 0.4) is 0 Å². The van der Waals surface area contributed by atoms with Crippen LogP contribution in [0.5, 0.6) is 0 Å². The molecule has 0 aliphatic heterocycles. The van der Waals surface area contributed by atoms with E-state index in [4.69, 9.17) is 12.2 Å². The lowest BCUT2D eigenvalue weighted by Crippen LogP contribution is -2.29. The second-order valence-electron chi connectivity index (χ2n) is 5.74. The van der Waals surface area contributed by atoms with Crippen LogP contribution in [-0.2, 0) is 4.79 Å². The summed E-state index contributed by atoms with van der Waals surface area (Å²) < 4.78 is 0.576. The zero-order valence-electron chi connectivity index (χ0n) is 13.9. The second-order valence-corrected chi connectivity index (χ2v) is 7.38. The number of hydrogen-bond donors (Lipinski definition) is 2.